The van der Waals surface area contributed by atoms with Gasteiger partial charge in [-0.2, -0.15) is 4.31 Å². The Bertz CT molecular complexity index is 823. The molecule has 0 spiro atoms. The summed E-state index contributed by atoms with van der Waals surface area (Å²) in [4.78, 5) is -0.326. The van der Waals surface area contributed by atoms with Crippen LogP contribution in [0.15, 0.2) is 53.4 Å². The first kappa shape index (κ1) is 17.0. The van der Waals surface area contributed by atoms with E-state index in [2.05, 4.69) is 0 Å². The van der Waals surface area contributed by atoms with E-state index in [1.807, 2.05) is 0 Å². The van der Waals surface area contributed by atoms with Crippen molar-refractivity contribution in [1.29, 1.82) is 0 Å². The summed E-state index contributed by atoms with van der Waals surface area (Å²) in [6, 6.07) is 10.9. The Hall–Kier alpha value is -1.79. The minimum absolute atomic E-state index is 0.303. The van der Waals surface area contributed by atoms with Crippen LogP contribution in [0, 0.1) is 11.6 Å². The Balaban J connectivity index is 2.06. The Labute approximate surface area is 141 Å². The van der Waals surface area contributed by atoms with E-state index in [1.165, 1.54) is 34.6 Å². The maximum atomic E-state index is 14.1. The van der Waals surface area contributed by atoms with E-state index in [1.54, 1.807) is 12.1 Å². The van der Waals surface area contributed by atoms with Gasteiger partial charge in [0.2, 0.25) is 10.0 Å². The van der Waals surface area contributed by atoms with Crippen LogP contribution in [0.3, 0.4) is 0 Å². The van der Waals surface area contributed by atoms with Crippen molar-refractivity contribution in [3.63, 3.8) is 0 Å². The first-order valence-corrected chi connectivity index (χ1v) is 9.46. The highest BCUT2D eigenvalue weighted by Crippen LogP contribution is 2.35. The lowest BCUT2D eigenvalue weighted by molar-refractivity contribution is 0.326. The predicted molar refractivity (Wildman–Crippen MR) is 87.9 cm³/mol. The lowest BCUT2D eigenvalue weighted by atomic mass is 10.0. The molecule has 0 N–H and O–H groups in total. The van der Waals surface area contributed by atoms with E-state index in [9.17, 15) is 17.2 Å². The average Bonchev–Trinajstić information content (AvgIpc) is 2.81. The maximum absolute atomic E-state index is 14.1. The van der Waals surface area contributed by atoms with Crippen LogP contribution in [0.2, 0.25) is 0 Å². The van der Waals surface area contributed by atoms with Gasteiger partial charge in [-0.05, 0) is 42.7 Å². The number of hydrogen-bond donors (Lipinski definition) is 0. The van der Waals surface area contributed by atoms with Crippen LogP contribution in [0.25, 0.3) is 0 Å². The normalized spacial score (nSPS) is 19.8. The summed E-state index contributed by atoms with van der Waals surface area (Å²) < 4.78 is 55.0. The van der Waals surface area contributed by atoms with Crippen molar-refractivity contribution in [1.82, 2.24) is 4.31 Å². The van der Waals surface area contributed by atoms with Crippen molar-refractivity contribution in [3.05, 3.63) is 65.7 Å². The molecule has 0 aromatic heterocycles. The fraction of sp³-hybridized carbons (Fsp3) is 0.333. The van der Waals surface area contributed by atoms with Gasteiger partial charge in [0.1, 0.15) is 16.5 Å². The van der Waals surface area contributed by atoms with E-state index in [4.69, 9.17) is 0 Å². The molecule has 0 bridgehead atoms. The SMILES string of the molecule is O=S(=O)(c1ccccc1F)N1CCCCC[C@H]1c1cccc(F)c1. The number of rotatable bonds is 3. The van der Waals surface area contributed by atoms with E-state index >= 15 is 0 Å². The van der Waals surface area contributed by atoms with Gasteiger partial charge in [0.05, 0.1) is 6.04 Å². The topological polar surface area (TPSA) is 37.4 Å². The van der Waals surface area contributed by atoms with Gasteiger partial charge in [0, 0.05) is 6.54 Å². The van der Waals surface area contributed by atoms with Crippen molar-refractivity contribution in [2.75, 3.05) is 6.54 Å². The van der Waals surface area contributed by atoms with Gasteiger partial charge < -0.3 is 0 Å². The quantitative estimate of drug-likeness (QED) is 0.828. The van der Waals surface area contributed by atoms with Crippen LogP contribution in [0.4, 0.5) is 8.78 Å². The number of halogens is 2. The molecule has 3 rings (SSSR count). The van der Waals surface area contributed by atoms with Crippen molar-refractivity contribution < 1.29 is 17.2 Å². The third kappa shape index (κ3) is 3.35. The van der Waals surface area contributed by atoms with Crippen molar-refractivity contribution in [2.45, 2.75) is 36.6 Å². The maximum Gasteiger partial charge on any atom is 0.246 e. The lowest BCUT2D eigenvalue weighted by Gasteiger charge is -2.29. The number of hydrogen-bond acceptors (Lipinski definition) is 2. The highest BCUT2D eigenvalue weighted by molar-refractivity contribution is 7.89. The van der Waals surface area contributed by atoms with Crippen molar-refractivity contribution >= 4 is 10.0 Å². The molecule has 24 heavy (non-hydrogen) atoms. The van der Waals surface area contributed by atoms with Gasteiger partial charge in [-0.15, -0.1) is 0 Å². The molecule has 1 fully saturated rings. The summed E-state index contributed by atoms with van der Waals surface area (Å²) in [6.45, 7) is 0.303. The Morgan fingerprint density at radius 1 is 0.958 bits per heavy atom. The van der Waals surface area contributed by atoms with Gasteiger partial charge in [-0.1, -0.05) is 37.1 Å². The second-order valence-corrected chi connectivity index (χ2v) is 7.83. The molecular formula is C18H19F2NO2S. The summed E-state index contributed by atoms with van der Waals surface area (Å²) >= 11 is 0. The molecule has 0 unspecified atom stereocenters. The zero-order valence-electron chi connectivity index (χ0n) is 13.2. The summed E-state index contributed by atoms with van der Waals surface area (Å²) in [5, 5.41) is 0. The molecule has 1 atom stereocenters. The molecule has 1 aliphatic rings. The molecule has 1 heterocycles. The van der Waals surface area contributed by atoms with Crippen LogP contribution in [0.5, 0.6) is 0 Å². The monoisotopic (exact) mass is 351 g/mol. The summed E-state index contributed by atoms with van der Waals surface area (Å²) in [5.74, 6) is -1.17. The Morgan fingerprint density at radius 3 is 2.50 bits per heavy atom. The summed E-state index contributed by atoms with van der Waals surface area (Å²) in [5.41, 5.74) is 0.608. The molecule has 0 aliphatic carbocycles. The van der Waals surface area contributed by atoms with Crippen molar-refractivity contribution in [2.24, 2.45) is 0 Å². The molecule has 1 saturated heterocycles. The van der Waals surface area contributed by atoms with Gasteiger partial charge >= 0.3 is 0 Å². The number of nitrogens with zero attached hydrogens (tertiary/aromatic N) is 1. The minimum atomic E-state index is -3.99. The third-order valence-corrected chi connectivity index (χ3v) is 6.30. The average molecular weight is 351 g/mol. The fourth-order valence-corrected chi connectivity index (χ4v) is 4.95. The molecule has 1 aliphatic heterocycles. The van der Waals surface area contributed by atoms with E-state index in [0.29, 0.717) is 24.9 Å². The smallest absolute Gasteiger partial charge is 0.207 e. The van der Waals surface area contributed by atoms with E-state index < -0.39 is 27.7 Å². The summed E-state index contributed by atoms with van der Waals surface area (Å²) in [6.07, 6.45) is 3.05. The minimum Gasteiger partial charge on any atom is -0.207 e. The molecule has 2 aromatic carbocycles. The second kappa shape index (κ2) is 6.99. The van der Waals surface area contributed by atoms with Crippen LogP contribution in [0.1, 0.15) is 37.3 Å². The highest BCUT2D eigenvalue weighted by atomic mass is 32.2. The fourth-order valence-electron chi connectivity index (χ4n) is 3.20. The first-order valence-electron chi connectivity index (χ1n) is 8.02. The van der Waals surface area contributed by atoms with Gasteiger partial charge in [0.15, 0.2) is 0 Å². The molecule has 6 heteroatoms. The molecular weight excluding hydrogens is 332 g/mol. The van der Waals surface area contributed by atoms with Crippen molar-refractivity contribution in [3.8, 4) is 0 Å². The van der Waals surface area contributed by atoms with Gasteiger partial charge in [-0.3, -0.25) is 0 Å². The van der Waals surface area contributed by atoms with Crippen LogP contribution < -0.4 is 0 Å². The lowest BCUT2D eigenvalue weighted by Crippen LogP contribution is -2.35. The van der Waals surface area contributed by atoms with E-state index in [0.717, 1.165) is 18.9 Å². The molecule has 2 aromatic rings. The highest BCUT2D eigenvalue weighted by Gasteiger charge is 2.34. The van der Waals surface area contributed by atoms with Crippen LogP contribution in [-0.2, 0) is 10.0 Å². The number of sulfonamides is 1. The Morgan fingerprint density at radius 2 is 1.75 bits per heavy atom. The van der Waals surface area contributed by atoms with E-state index in [-0.39, 0.29) is 4.90 Å². The number of benzene rings is 2. The van der Waals surface area contributed by atoms with Gasteiger partial charge in [0.25, 0.3) is 0 Å². The third-order valence-electron chi connectivity index (χ3n) is 4.36. The zero-order chi connectivity index (χ0) is 17.2. The largest absolute Gasteiger partial charge is 0.246 e. The molecule has 128 valence electrons. The zero-order valence-corrected chi connectivity index (χ0v) is 14.0. The molecule has 3 nitrogen and oxygen atoms in total. The van der Waals surface area contributed by atoms with Gasteiger partial charge in [-0.25, -0.2) is 17.2 Å². The Kier molecular flexibility index (Phi) is 4.96. The first-order chi connectivity index (χ1) is 11.5. The second-order valence-electron chi connectivity index (χ2n) is 5.97. The standard InChI is InChI=1S/C18H19F2NO2S/c19-15-8-6-7-14(13-15)17-10-2-1-5-12-21(17)24(22,23)18-11-4-3-9-16(18)20/h3-4,6-9,11,13,17H,1-2,5,10,12H2/t17-/m0/s1. The molecule has 0 saturated carbocycles. The summed E-state index contributed by atoms with van der Waals surface area (Å²) in [7, 11) is -3.99. The van der Waals surface area contributed by atoms with Crippen LogP contribution >= 0.6 is 0 Å². The molecule has 0 radical (unpaired) electrons. The predicted octanol–water partition coefficient (Wildman–Crippen LogP) is 4.27. The molecule has 0 amide bonds. The van der Waals surface area contributed by atoms with Crippen LogP contribution in [-0.4, -0.2) is 19.3 Å².